The fraction of sp³-hybridized carbons (Fsp3) is 0.346. The first kappa shape index (κ1) is 26.9. The van der Waals surface area contributed by atoms with Crippen LogP contribution in [0.2, 0.25) is 0 Å². The van der Waals surface area contributed by atoms with Crippen LogP contribution in [0.4, 0.5) is 17.1 Å². The Hall–Kier alpha value is -3.15. The lowest BCUT2D eigenvalue weighted by molar-refractivity contribution is 0.0981. The molecule has 1 amide bonds. The van der Waals surface area contributed by atoms with Crippen molar-refractivity contribution in [3.63, 3.8) is 0 Å². The Morgan fingerprint density at radius 3 is 2.62 bits per heavy atom. The minimum absolute atomic E-state index is 0.0360. The molecule has 4 rings (SSSR count). The molecular weight excluding hydrogens is 510 g/mol. The van der Waals surface area contributed by atoms with E-state index in [0.717, 1.165) is 44.0 Å². The third-order valence-corrected chi connectivity index (χ3v) is 8.48. The number of hydrogen-bond donors (Lipinski definition) is 3. The zero-order valence-corrected chi connectivity index (χ0v) is 22.3. The Morgan fingerprint density at radius 1 is 1.16 bits per heavy atom. The number of allylic oxidation sites excluding steroid dienone is 3. The zero-order valence-electron chi connectivity index (χ0n) is 20.6. The molecule has 1 unspecified atom stereocenters. The Kier molecular flexibility index (Phi) is 9.01. The van der Waals surface area contributed by atoms with Gasteiger partial charge in [0.05, 0.1) is 10.6 Å². The highest BCUT2D eigenvalue weighted by molar-refractivity contribution is 8.03. The first-order valence-corrected chi connectivity index (χ1v) is 14.7. The molecule has 1 atom stereocenters. The summed E-state index contributed by atoms with van der Waals surface area (Å²) in [7, 11) is -4.20. The van der Waals surface area contributed by atoms with Crippen molar-refractivity contribution < 1.29 is 13.2 Å². The van der Waals surface area contributed by atoms with Gasteiger partial charge in [0.25, 0.3) is 15.9 Å². The Morgan fingerprint density at radius 2 is 1.92 bits per heavy atom. The molecule has 11 heteroatoms. The number of nitrogens with zero attached hydrogens (tertiary/aromatic N) is 2. The van der Waals surface area contributed by atoms with Gasteiger partial charge in [0.15, 0.2) is 0 Å². The Bertz CT molecular complexity index is 1290. The fourth-order valence-corrected chi connectivity index (χ4v) is 6.10. The van der Waals surface area contributed by atoms with Crippen molar-refractivity contribution in [2.45, 2.75) is 18.2 Å². The van der Waals surface area contributed by atoms with Crippen molar-refractivity contribution in [3.8, 4) is 0 Å². The molecule has 2 aromatic carbocycles. The number of nitroso groups, excluding NO2 is 1. The lowest BCUT2D eigenvalue weighted by Crippen LogP contribution is -2.43. The highest BCUT2D eigenvalue weighted by Gasteiger charge is 2.21. The van der Waals surface area contributed by atoms with Gasteiger partial charge in [-0.1, -0.05) is 25.2 Å². The van der Waals surface area contributed by atoms with Gasteiger partial charge >= 0.3 is 0 Å². The van der Waals surface area contributed by atoms with Crippen LogP contribution >= 0.6 is 11.8 Å². The minimum Gasteiger partial charge on any atom is -0.382 e. The van der Waals surface area contributed by atoms with E-state index in [9.17, 15) is 18.1 Å². The van der Waals surface area contributed by atoms with Crippen LogP contribution in [-0.4, -0.2) is 52.8 Å². The number of rotatable bonds is 10. The van der Waals surface area contributed by atoms with E-state index in [1.165, 1.54) is 23.1 Å². The number of amides is 1. The van der Waals surface area contributed by atoms with Gasteiger partial charge in [-0.15, -0.1) is 16.7 Å². The molecule has 2 aromatic rings. The highest BCUT2D eigenvalue weighted by Crippen LogP contribution is 2.29. The third-order valence-electron chi connectivity index (χ3n) is 6.14. The van der Waals surface area contributed by atoms with Crippen molar-refractivity contribution >= 4 is 44.8 Å². The molecule has 1 fully saturated rings. The molecule has 9 nitrogen and oxygen atoms in total. The number of hydrogen-bond acceptors (Lipinski definition) is 9. The number of sulfonamides is 1. The maximum Gasteiger partial charge on any atom is 0.264 e. The average molecular weight is 542 g/mol. The van der Waals surface area contributed by atoms with Crippen LogP contribution in [0.5, 0.6) is 0 Å². The summed E-state index contributed by atoms with van der Waals surface area (Å²) >= 11 is 1.71. The first-order valence-electron chi connectivity index (χ1n) is 12.2. The number of thioether (sulfide) groups is 1. The summed E-state index contributed by atoms with van der Waals surface area (Å²) in [5.41, 5.74) is 1.60. The Balaban J connectivity index is 1.35. The fourth-order valence-electron chi connectivity index (χ4n) is 4.14. The minimum atomic E-state index is -4.20. The second kappa shape index (κ2) is 12.4. The van der Waals surface area contributed by atoms with Crippen LogP contribution in [0.1, 0.15) is 23.7 Å². The maximum absolute atomic E-state index is 12.8. The van der Waals surface area contributed by atoms with Gasteiger partial charge in [0.2, 0.25) is 0 Å². The van der Waals surface area contributed by atoms with E-state index in [1.54, 1.807) is 23.9 Å². The van der Waals surface area contributed by atoms with Crippen LogP contribution in [0.25, 0.3) is 0 Å². The van der Waals surface area contributed by atoms with E-state index >= 15 is 0 Å². The van der Waals surface area contributed by atoms with Crippen LogP contribution in [0, 0.1) is 10.8 Å². The van der Waals surface area contributed by atoms with Gasteiger partial charge in [0, 0.05) is 54.6 Å². The summed E-state index contributed by atoms with van der Waals surface area (Å²) < 4.78 is 27.8. The second-order valence-electron chi connectivity index (χ2n) is 8.95. The smallest absolute Gasteiger partial charge is 0.264 e. The second-order valence-corrected chi connectivity index (χ2v) is 11.8. The summed E-state index contributed by atoms with van der Waals surface area (Å²) in [6, 6.07) is 10.8. The van der Waals surface area contributed by atoms with Crippen molar-refractivity contribution in [1.82, 2.24) is 10.0 Å². The zero-order chi connectivity index (χ0) is 26.3. The van der Waals surface area contributed by atoms with Crippen molar-refractivity contribution in [2.75, 3.05) is 48.7 Å². The van der Waals surface area contributed by atoms with Gasteiger partial charge in [-0.3, -0.25) is 4.79 Å². The van der Waals surface area contributed by atoms with Crippen molar-refractivity contribution in [3.05, 3.63) is 76.1 Å². The predicted molar refractivity (Wildman–Crippen MR) is 150 cm³/mol. The number of benzene rings is 2. The van der Waals surface area contributed by atoms with Crippen LogP contribution in [0.15, 0.2) is 75.7 Å². The van der Waals surface area contributed by atoms with Crippen molar-refractivity contribution in [1.29, 1.82) is 0 Å². The SMILES string of the molecule is CC1C=C(SCCNc2ccc(S(=O)(=O)NC(=O)c3ccc(N4CCNCC4)cc3)cc2N=O)C=CC1. The average Bonchev–Trinajstić information content (AvgIpc) is 2.91. The molecule has 1 heterocycles. The molecule has 1 saturated heterocycles. The number of piperazine rings is 1. The molecule has 0 saturated carbocycles. The lowest BCUT2D eigenvalue weighted by atomic mass is 10.0. The molecule has 196 valence electrons. The number of carbonyl (C=O) groups excluding carboxylic acids is 1. The normalized spacial score (nSPS) is 17.7. The van der Waals surface area contributed by atoms with Gasteiger partial charge < -0.3 is 15.5 Å². The standard InChI is InChI=1S/C26H31N5O4S2/c1-19-3-2-4-22(17-19)36-16-13-28-24-10-9-23(18-25(24)29-33)37(34,35)30-26(32)20-5-7-21(8-6-20)31-14-11-27-12-15-31/h2,4-10,17-19,27-28H,3,11-16H2,1H3,(H,30,32). The molecule has 0 aromatic heterocycles. The highest BCUT2D eigenvalue weighted by atomic mass is 32.2. The van der Waals surface area contributed by atoms with Crippen molar-refractivity contribution in [2.24, 2.45) is 11.1 Å². The lowest BCUT2D eigenvalue weighted by Gasteiger charge is -2.29. The largest absolute Gasteiger partial charge is 0.382 e. The number of anilines is 2. The Labute approximate surface area is 221 Å². The summed E-state index contributed by atoms with van der Waals surface area (Å²) in [5.74, 6) is 0.551. The molecule has 0 bridgehead atoms. The summed E-state index contributed by atoms with van der Waals surface area (Å²) in [6.07, 6.45) is 7.56. The molecule has 1 aliphatic heterocycles. The summed E-state index contributed by atoms with van der Waals surface area (Å²) in [6.45, 7) is 6.25. The van der Waals surface area contributed by atoms with Crippen LogP contribution < -0.4 is 20.3 Å². The molecular formula is C26H31N5O4S2. The third kappa shape index (κ3) is 7.21. The quantitative estimate of drug-likeness (QED) is 0.302. The van der Waals surface area contributed by atoms with E-state index in [4.69, 9.17) is 0 Å². The molecule has 0 radical (unpaired) electrons. The maximum atomic E-state index is 12.8. The van der Waals surface area contributed by atoms with E-state index in [1.807, 2.05) is 12.1 Å². The van der Waals surface area contributed by atoms with E-state index in [2.05, 4.69) is 50.6 Å². The number of nitrogens with one attached hydrogen (secondary N) is 3. The molecule has 0 spiro atoms. The topological polar surface area (TPSA) is 120 Å². The van der Waals surface area contributed by atoms with Gasteiger partial charge in [-0.2, -0.15) is 0 Å². The first-order chi connectivity index (χ1) is 17.9. The molecule has 1 aliphatic carbocycles. The van der Waals surface area contributed by atoms with E-state index < -0.39 is 15.9 Å². The summed E-state index contributed by atoms with van der Waals surface area (Å²) in [4.78, 5) is 27.3. The summed E-state index contributed by atoms with van der Waals surface area (Å²) in [5, 5.41) is 9.41. The molecule has 2 aliphatic rings. The monoisotopic (exact) mass is 541 g/mol. The van der Waals surface area contributed by atoms with Crippen LogP contribution in [0.3, 0.4) is 0 Å². The molecule has 3 N–H and O–H groups in total. The van der Waals surface area contributed by atoms with E-state index in [0.29, 0.717) is 18.2 Å². The molecule has 37 heavy (non-hydrogen) atoms. The predicted octanol–water partition coefficient (Wildman–Crippen LogP) is 4.24. The van der Waals surface area contributed by atoms with Gasteiger partial charge in [-0.05, 0) is 60.0 Å². The van der Waals surface area contributed by atoms with Gasteiger partial charge in [-0.25, -0.2) is 13.1 Å². The van der Waals surface area contributed by atoms with Gasteiger partial charge in [0.1, 0.15) is 5.69 Å². The van der Waals surface area contributed by atoms with E-state index in [-0.39, 0.29) is 16.1 Å². The van der Waals surface area contributed by atoms with Crippen LogP contribution in [-0.2, 0) is 10.0 Å². The number of carbonyl (C=O) groups is 1.